The maximum absolute atomic E-state index is 12.1. The predicted molar refractivity (Wildman–Crippen MR) is 81.0 cm³/mol. The second-order valence-electron chi connectivity index (χ2n) is 3.97. The molecule has 2 aromatic carbocycles. The Morgan fingerprint density at radius 1 is 0.842 bits per heavy atom. The number of Topliss-reactive ketones (excluding diaryl/α,β-unsaturated/α-hetero) is 1. The Morgan fingerprint density at radius 2 is 1.58 bits per heavy atom. The van der Waals surface area contributed by atoms with Crippen LogP contribution in [0.4, 0.5) is 0 Å². The fourth-order valence-corrected chi connectivity index (χ4v) is 2.48. The minimum absolute atomic E-state index is 0.0972. The lowest BCUT2D eigenvalue weighted by Gasteiger charge is -2.05. The van der Waals surface area contributed by atoms with Crippen LogP contribution in [0.1, 0.15) is 15.9 Å². The molecule has 0 unspecified atom stereocenters. The third-order valence-corrected chi connectivity index (χ3v) is 3.87. The van der Waals surface area contributed by atoms with Crippen molar-refractivity contribution in [3.63, 3.8) is 0 Å². The highest BCUT2D eigenvalue weighted by molar-refractivity contribution is 6.42. The van der Waals surface area contributed by atoms with E-state index >= 15 is 0 Å². The summed E-state index contributed by atoms with van der Waals surface area (Å²) in [7, 11) is 0. The molecule has 19 heavy (non-hydrogen) atoms. The summed E-state index contributed by atoms with van der Waals surface area (Å²) in [6.45, 7) is 0. The third-order valence-electron chi connectivity index (χ3n) is 2.58. The molecule has 0 bridgehead atoms. The molecule has 0 N–H and O–H groups in total. The summed E-state index contributed by atoms with van der Waals surface area (Å²) < 4.78 is 0. The SMILES string of the molecule is O=C(Cc1ccc(Cl)c(Cl)c1)c1ccc(Cl)cc1Cl. The first-order chi connectivity index (χ1) is 8.97. The molecule has 98 valence electrons. The van der Waals surface area contributed by atoms with E-state index < -0.39 is 0 Å². The molecule has 0 aliphatic carbocycles. The van der Waals surface area contributed by atoms with E-state index in [1.54, 1.807) is 36.4 Å². The minimum Gasteiger partial charge on any atom is -0.294 e. The zero-order valence-corrected chi connectivity index (χ0v) is 12.6. The number of carbonyl (C=O) groups is 1. The van der Waals surface area contributed by atoms with E-state index in [0.717, 1.165) is 5.56 Å². The summed E-state index contributed by atoms with van der Waals surface area (Å²) in [6.07, 6.45) is 0.207. The number of carbonyl (C=O) groups excluding carboxylic acids is 1. The smallest absolute Gasteiger partial charge is 0.168 e. The van der Waals surface area contributed by atoms with Crippen molar-refractivity contribution in [2.75, 3.05) is 0 Å². The van der Waals surface area contributed by atoms with Crippen LogP contribution in [0.2, 0.25) is 20.1 Å². The molecule has 0 aliphatic rings. The van der Waals surface area contributed by atoms with Gasteiger partial charge in [-0.3, -0.25) is 4.79 Å². The van der Waals surface area contributed by atoms with Crippen LogP contribution >= 0.6 is 46.4 Å². The van der Waals surface area contributed by atoms with Crippen molar-refractivity contribution >= 4 is 52.2 Å². The summed E-state index contributed by atoms with van der Waals surface area (Å²) in [5.41, 5.74) is 1.22. The quantitative estimate of drug-likeness (QED) is 0.656. The maximum atomic E-state index is 12.1. The molecule has 0 fully saturated rings. The highest BCUT2D eigenvalue weighted by atomic mass is 35.5. The van der Waals surface area contributed by atoms with Gasteiger partial charge in [-0.05, 0) is 35.9 Å². The number of hydrogen-bond acceptors (Lipinski definition) is 1. The molecule has 0 aromatic heterocycles. The normalized spacial score (nSPS) is 10.5. The van der Waals surface area contributed by atoms with Crippen LogP contribution in [0.3, 0.4) is 0 Å². The highest BCUT2D eigenvalue weighted by Crippen LogP contribution is 2.25. The van der Waals surface area contributed by atoms with E-state index in [1.165, 1.54) is 0 Å². The van der Waals surface area contributed by atoms with Crippen LogP contribution in [0.5, 0.6) is 0 Å². The molecular weight excluding hydrogens is 326 g/mol. The minimum atomic E-state index is -0.0972. The van der Waals surface area contributed by atoms with Crippen molar-refractivity contribution in [1.29, 1.82) is 0 Å². The predicted octanol–water partition coefficient (Wildman–Crippen LogP) is 5.73. The number of rotatable bonds is 3. The van der Waals surface area contributed by atoms with E-state index in [0.29, 0.717) is 25.7 Å². The second kappa shape index (κ2) is 6.15. The average molecular weight is 334 g/mol. The summed E-state index contributed by atoms with van der Waals surface area (Å²) in [5, 5.41) is 1.73. The van der Waals surface area contributed by atoms with Crippen molar-refractivity contribution in [3.05, 3.63) is 67.6 Å². The van der Waals surface area contributed by atoms with Gasteiger partial charge in [0.25, 0.3) is 0 Å². The molecule has 0 aliphatic heterocycles. The fourth-order valence-electron chi connectivity index (χ4n) is 1.65. The molecule has 1 nitrogen and oxygen atoms in total. The van der Waals surface area contributed by atoms with Crippen LogP contribution in [0, 0.1) is 0 Å². The van der Waals surface area contributed by atoms with Gasteiger partial charge in [-0.2, -0.15) is 0 Å². The van der Waals surface area contributed by atoms with Gasteiger partial charge in [0.15, 0.2) is 5.78 Å². The van der Waals surface area contributed by atoms with Crippen LogP contribution in [0.25, 0.3) is 0 Å². The van der Waals surface area contributed by atoms with E-state index in [2.05, 4.69) is 0 Å². The first kappa shape index (κ1) is 14.7. The summed E-state index contributed by atoms with van der Waals surface area (Å²) >= 11 is 23.5. The molecule has 0 amide bonds. The lowest BCUT2D eigenvalue weighted by Crippen LogP contribution is -2.04. The Bertz CT molecular complexity index is 637. The lowest BCUT2D eigenvalue weighted by molar-refractivity contribution is 0.0993. The van der Waals surface area contributed by atoms with Gasteiger partial charge in [-0.25, -0.2) is 0 Å². The number of halogens is 4. The summed E-state index contributed by atoms with van der Waals surface area (Å²) in [6, 6.07) is 9.89. The van der Waals surface area contributed by atoms with Crippen LogP contribution in [-0.2, 0) is 6.42 Å². The van der Waals surface area contributed by atoms with E-state index in [9.17, 15) is 4.79 Å². The van der Waals surface area contributed by atoms with Gasteiger partial charge >= 0.3 is 0 Å². The highest BCUT2D eigenvalue weighted by Gasteiger charge is 2.12. The monoisotopic (exact) mass is 332 g/mol. The van der Waals surface area contributed by atoms with Crippen LogP contribution in [0.15, 0.2) is 36.4 Å². The lowest BCUT2D eigenvalue weighted by atomic mass is 10.0. The first-order valence-corrected chi connectivity index (χ1v) is 6.91. The zero-order chi connectivity index (χ0) is 14.0. The van der Waals surface area contributed by atoms with Gasteiger partial charge in [0.05, 0.1) is 15.1 Å². The van der Waals surface area contributed by atoms with Gasteiger partial charge in [0, 0.05) is 17.0 Å². The number of ketones is 1. The topological polar surface area (TPSA) is 17.1 Å². The maximum Gasteiger partial charge on any atom is 0.168 e. The van der Waals surface area contributed by atoms with Gasteiger partial charge < -0.3 is 0 Å². The number of benzene rings is 2. The summed E-state index contributed by atoms with van der Waals surface area (Å²) in [4.78, 5) is 12.1. The van der Waals surface area contributed by atoms with Crippen LogP contribution in [-0.4, -0.2) is 5.78 Å². The molecule has 0 heterocycles. The van der Waals surface area contributed by atoms with Crippen LogP contribution < -0.4 is 0 Å². The van der Waals surface area contributed by atoms with Crippen molar-refractivity contribution < 1.29 is 4.79 Å². The van der Waals surface area contributed by atoms with Crippen molar-refractivity contribution in [1.82, 2.24) is 0 Å². The Labute approximate surface area is 131 Å². The molecule has 0 spiro atoms. The Hall–Kier alpha value is -0.730. The van der Waals surface area contributed by atoms with Gasteiger partial charge in [0.1, 0.15) is 0 Å². The van der Waals surface area contributed by atoms with Gasteiger partial charge in [-0.1, -0.05) is 52.5 Å². The standard InChI is InChI=1S/C14H8Cl4O/c15-9-2-3-10(12(17)7-9)14(19)6-8-1-4-11(16)13(18)5-8/h1-5,7H,6H2. The molecule has 5 heteroatoms. The Balaban J connectivity index is 2.23. The fraction of sp³-hybridized carbons (Fsp3) is 0.0714. The molecule has 2 aromatic rings. The first-order valence-electron chi connectivity index (χ1n) is 5.39. The Morgan fingerprint density at radius 3 is 2.21 bits per heavy atom. The number of hydrogen-bond donors (Lipinski definition) is 0. The average Bonchev–Trinajstić information content (AvgIpc) is 2.33. The molecule has 0 radical (unpaired) electrons. The van der Waals surface area contributed by atoms with Crippen molar-refractivity contribution in [2.45, 2.75) is 6.42 Å². The van der Waals surface area contributed by atoms with E-state index in [-0.39, 0.29) is 12.2 Å². The van der Waals surface area contributed by atoms with Gasteiger partial charge in [0.2, 0.25) is 0 Å². The van der Waals surface area contributed by atoms with E-state index in [1.807, 2.05) is 0 Å². The third kappa shape index (κ3) is 3.64. The Kier molecular flexibility index (Phi) is 4.75. The zero-order valence-electron chi connectivity index (χ0n) is 9.59. The molecule has 2 rings (SSSR count). The molecule has 0 saturated heterocycles. The summed E-state index contributed by atoms with van der Waals surface area (Å²) in [5.74, 6) is -0.0972. The molecule has 0 saturated carbocycles. The van der Waals surface area contributed by atoms with Crippen molar-refractivity contribution in [3.8, 4) is 0 Å². The molecule has 0 atom stereocenters. The molecular formula is C14H8Cl4O. The van der Waals surface area contributed by atoms with Crippen molar-refractivity contribution in [2.24, 2.45) is 0 Å². The second-order valence-corrected chi connectivity index (χ2v) is 5.63. The largest absolute Gasteiger partial charge is 0.294 e. The van der Waals surface area contributed by atoms with Gasteiger partial charge in [-0.15, -0.1) is 0 Å². The van der Waals surface area contributed by atoms with E-state index in [4.69, 9.17) is 46.4 Å².